The second kappa shape index (κ2) is 5.03. The van der Waals surface area contributed by atoms with Crippen molar-refractivity contribution in [1.29, 1.82) is 0 Å². The molecule has 0 aromatic heterocycles. The monoisotopic (exact) mass is 162 g/mol. The van der Waals surface area contributed by atoms with Gasteiger partial charge < -0.3 is 0 Å². The first kappa shape index (κ1) is 8.41. The zero-order chi connectivity index (χ0) is 7.23. The lowest BCUT2D eigenvalue weighted by atomic mass is 9.96. The highest BCUT2D eigenvalue weighted by Gasteiger charge is 2.12. The Hall–Kier alpha value is 0.310. The molecule has 59 valence electrons. The predicted octanol–water partition coefficient (Wildman–Crippen LogP) is 1.78. The van der Waals surface area contributed by atoms with Crippen LogP contribution in [0.4, 0.5) is 0 Å². The molecule has 10 heavy (non-hydrogen) atoms. The molecule has 0 bridgehead atoms. The van der Waals surface area contributed by atoms with Gasteiger partial charge >= 0.3 is 0 Å². The van der Waals surface area contributed by atoms with Gasteiger partial charge in [0.15, 0.2) is 0 Å². The summed E-state index contributed by atoms with van der Waals surface area (Å²) >= 11 is 0. The minimum Gasteiger partial charge on any atom is -0.250 e. The molecule has 1 atom stereocenters. The lowest BCUT2D eigenvalue weighted by Gasteiger charge is -2.20. The molecule has 0 spiro atoms. The van der Waals surface area contributed by atoms with Crippen molar-refractivity contribution < 1.29 is 9.52 Å². The molecule has 1 rings (SSSR count). The smallest absolute Gasteiger partial charge is 0.216 e. The normalized spacial score (nSPS) is 22.5. The van der Waals surface area contributed by atoms with Crippen LogP contribution in [0.15, 0.2) is 0 Å². The Labute approximate surface area is 63.1 Å². The average molecular weight is 162 g/mol. The fourth-order valence-corrected chi connectivity index (χ4v) is 1.54. The Morgan fingerprint density at radius 2 is 2.00 bits per heavy atom. The SMILES string of the molecule is [O]PONC1CCCCC1. The number of rotatable bonds is 3. The topological polar surface area (TPSA) is 41.2 Å². The summed E-state index contributed by atoms with van der Waals surface area (Å²) in [6, 6.07) is 0.440. The summed E-state index contributed by atoms with van der Waals surface area (Å²) < 4.78 is 4.60. The zero-order valence-electron chi connectivity index (χ0n) is 5.93. The first-order chi connectivity index (χ1) is 4.93. The maximum absolute atomic E-state index is 9.92. The van der Waals surface area contributed by atoms with Crippen LogP contribution in [0.1, 0.15) is 32.1 Å². The molecule has 0 amide bonds. The second-order valence-corrected chi connectivity index (χ2v) is 3.01. The summed E-state index contributed by atoms with van der Waals surface area (Å²) in [6.45, 7) is 0. The van der Waals surface area contributed by atoms with Gasteiger partial charge in [-0.3, -0.25) is 0 Å². The maximum atomic E-state index is 9.92. The summed E-state index contributed by atoms with van der Waals surface area (Å²) in [4.78, 5) is 9.92. The largest absolute Gasteiger partial charge is 0.250 e. The molecule has 0 aromatic rings. The zero-order valence-corrected chi connectivity index (χ0v) is 6.93. The molecular weight excluding hydrogens is 149 g/mol. The molecule has 4 heteroatoms. The van der Waals surface area contributed by atoms with Gasteiger partial charge in [0, 0.05) is 6.04 Å². The Bertz CT molecular complexity index is 85.8. The summed E-state index contributed by atoms with van der Waals surface area (Å²) in [5, 5.41) is 0. The van der Waals surface area contributed by atoms with Crippen molar-refractivity contribution in [3.05, 3.63) is 0 Å². The third-order valence-corrected chi connectivity index (χ3v) is 2.07. The highest BCUT2D eigenvalue weighted by atomic mass is 31.1. The van der Waals surface area contributed by atoms with Crippen LogP contribution in [-0.2, 0) is 9.52 Å². The Balaban J connectivity index is 2.02. The summed E-state index contributed by atoms with van der Waals surface area (Å²) in [7, 11) is -0.679. The maximum Gasteiger partial charge on any atom is 0.216 e. The molecule has 0 saturated heterocycles. The molecule has 1 saturated carbocycles. The molecule has 3 nitrogen and oxygen atoms in total. The predicted molar refractivity (Wildman–Crippen MR) is 40.1 cm³/mol. The van der Waals surface area contributed by atoms with Crippen LogP contribution in [0.3, 0.4) is 0 Å². The number of nitrogens with one attached hydrogen (secondary N) is 1. The van der Waals surface area contributed by atoms with E-state index in [1.165, 1.54) is 19.3 Å². The molecule has 0 heterocycles. The van der Waals surface area contributed by atoms with E-state index in [4.69, 9.17) is 0 Å². The number of hydroxylamine groups is 1. The second-order valence-electron chi connectivity index (χ2n) is 2.64. The van der Waals surface area contributed by atoms with E-state index >= 15 is 0 Å². The van der Waals surface area contributed by atoms with Crippen molar-refractivity contribution in [3.63, 3.8) is 0 Å². The van der Waals surface area contributed by atoms with Crippen LogP contribution >= 0.6 is 9.03 Å². The van der Waals surface area contributed by atoms with Gasteiger partial charge in [0.1, 0.15) is 0 Å². The van der Waals surface area contributed by atoms with Crippen LogP contribution in [0, 0.1) is 0 Å². The van der Waals surface area contributed by atoms with Crippen molar-refractivity contribution in [2.75, 3.05) is 0 Å². The Kier molecular flexibility index (Phi) is 4.23. The molecule has 1 unspecified atom stereocenters. The van der Waals surface area contributed by atoms with Gasteiger partial charge in [-0.15, -0.1) is 0 Å². The first-order valence-corrected chi connectivity index (χ1v) is 4.53. The van der Waals surface area contributed by atoms with Gasteiger partial charge in [0.05, 0.1) is 0 Å². The third-order valence-electron chi connectivity index (χ3n) is 1.87. The van der Waals surface area contributed by atoms with Gasteiger partial charge in [-0.1, -0.05) is 19.3 Å². The molecular formula is C6H13NO2P. The van der Waals surface area contributed by atoms with Gasteiger partial charge in [0.2, 0.25) is 9.03 Å². The van der Waals surface area contributed by atoms with Gasteiger partial charge in [-0.05, 0) is 12.8 Å². The fourth-order valence-electron chi connectivity index (χ4n) is 1.33. The van der Waals surface area contributed by atoms with Gasteiger partial charge in [-0.2, -0.15) is 10.4 Å². The van der Waals surface area contributed by atoms with E-state index in [-0.39, 0.29) is 0 Å². The van der Waals surface area contributed by atoms with E-state index in [2.05, 4.69) is 10.1 Å². The standard InChI is InChI=1S/C6H13NO2P/c8-10-9-7-6-4-2-1-3-5-6/h6-7,10H,1-5H2. The molecule has 1 aliphatic carbocycles. The van der Waals surface area contributed by atoms with E-state index < -0.39 is 9.03 Å². The van der Waals surface area contributed by atoms with E-state index in [1.54, 1.807) is 0 Å². The molecule has 1 radical (unpaired) electrons. The first-order valence-electron chi connectivity index (χ1n) is 3.72. The highest BCUT2D eigenvalue weighted by molar-refractivity contribution is 7.24. The average Bonchev–Trinajstić information content (AvgIpc) is 2.03. The van der Waals surface area contributed by atoms with Crippen LogP contribution in [0.5, 0.6) is 0 Å². The minimum atomic E-state index is -0.679. The molecule has 0 aromatic carbocycles. The molecule has 1 aliphatic rings. The third kappa shape index (κ3) is 2.93. The van der Waals surface area contributed by atoms with Crippen LogP contribution in [-0.4, -0.2) is 6.04 Å². The fraction of sp³-hybridized carbons (Fsp3) is 1.00. The number of hydrogen-bond acceptors (Lipinski definition) is 2. The van der Waals surface area contributed by atoms with E-state index in [0.717, 1.165) is 12.8 Å². The molecule has 0 aliphatic heterocycles. The highest BCUT2D eigenvalue weighted by Crippen LogP contribution is 2.18. The lowest BCUT2D eigenvalue weighted by Crippen LogP contribution is -2.28. The van der Waals surface area contributed by atoms with Crippen LogP contribution < -0.4 is 5.48 Å². The summed E-state index contributed by atoms with van der Waals surface area (Å²) in [6.07, 6.45) is 6.18. The Morgan fingerprint density at radius 3 is 2.60 bits per heavy atom. The summed E-state index contributed by atoms with van der Waals surface area (Å²) in [5.41, 5.74) is 2.77. The van der Waals surface area contributed by atoms with E-state index in [0.29, 0.717) is 6.04 Å². The van der Waals surface area contributed by atoms with Crippen molar-refractivity contribution in [3.8, 4) is 0 Å². The quantitative estimate of drug-likeness (QED) is 0.507. The summed E-state index contributed by atoms with van der Waals surface area (Å²) in [5.74, 6) is 0. The van der Waals surface area contributed by atoms with Crippen LogP contribution in [0.2, 0.25) is 0 Å². The van der Waals surface area contributed by atoms with Crippen molar-refractivity contribution in [1.82, 2.24) is 5.48 Å². The van der Waals surface area contributed by atoms with E-state index in [9.17, 15) is 4.89 Å². The van der Waals surface area contributed by atoms with Gasteiger partial charge in [-0.25, -0.2) is 4.62 Å². The van der Waals surface area contributed by atoms with Crippen molar-refractivity contribution in [2.24, 2.45) is 0 Å². The van der Waals surface area contributed by atoms with Crippen molar-refractivity contribution >= 4 is 9.03 Å². The lowest BCUT2D eigenvalue weighted by molar-refractivity contribution is 0.136. The number of hydrogen-bond donors (Lipinski definition) is 1. The Morgan fingerprint density at radius 1 is 1.30 bits per heavy atom. The minimum absolute atomic E-state index is 0.440. The van der Waals surface area contributed by atoms with Gasteiger partial charge in [0.25, 0.3) is 0 Å². The van der Waals surface area contributed by atoms with Crippen LogP contribution in [0.25, 0.3) is 0 Å². The molecule has 1 N–H and O–H groups in total. The van der Waals surface area contributed by atoms with Crippen molar-refractivity contribution in [2.45, 2.75) is 38.1 Å². The van der Waals surface area contributed by atoms with E-state index in [1.807, 2.05) is 0 Å². The molecule has 1 fully saturated rings.